The van der Waals surface area contributed by atoms with Gasteiger partial charge in [-0.25, -0.2) is 0 Å². The van der Waals surface area contributed by atoms with Crippen LogP contribution in [0.4, 0.5) is 0 Å². The number of nitrogens with one attached hydrogen (secondary N) is 1. The van der Waals surface area contributed by atoms with Crippen molar-refractivity contribution in [2.45, 2.75) is 6.54 Å². The van der Waals surface area contributed by atoms with E-state index in [0.717, 1.165) is 28.4 Å². The first-order valence-corrected chi connectivity index (χ1v) is 8.19. The van der Waals surface area contributed by atoms with Crippen molar-refractivity contribution in [1.82, 2.24) is 5.32 Å². The second kappa shape index (κ2) is 7.23. The minimum absolute atomic E-state index is 0.169. The number of allylic oxidation sites excluding steroid dienone is 2. The highest BCUT2D eigenvalue weighted by Crippen LogP contribution is 2.33. The fourth-order valence-electron chi connectivity index (χ4n) is 2.63. The van der Waals surface area contributed by atoms with Crippen molar-refractivity contribution in [3.05, 3.63) is 65.8 Å². The molecule has 132 valence electrons. The molecule has 1 amide bonds. The normalized spacial score (nSPS) is 14.3. The van der Waals surface area contributed by atoms with Crippen molar-refractivity contribution in [2.75, 3.05) is 13.6 Å². The van der Waals surface area contributed by atoms with Gasteiger partial charge in [0.1, 0.15) is 0 Å². The molecule has 2 heterocycles. The molecule has 0 unspecified atom stereocenters. The van der Waals surface area contributed by atoms with Gasteiger partial charge in [-0.1, -0.05) is 30.4 Å². The number of hydrogen-bond donors (Lipinski definition) is 1. The lowest BCUT2D eigenvalue weighted by Gasteiger charge is -2.03. The van der Waals surface area contributed by atoms with Crippen LogP contribution in [0.1, 0.15) is 11.1 Å². The quantitative estimate of drug-likeness (QED) is 0.663. The second-order valence-electron chi connectivity index (χ2n) is 5.74. The van der Waals surface area contributed by atoms with Crippen LogP contribution >= 0.6 is 0 Å². The first kappa shape index (κ1) is 16.1. The molecule has 4 rings (SSSR count). The highest BCUT2D eigenvalue weighted by molar-refractivity contribution is 5.87. The van der Waals surface area contributed by atoms with Gasteiger partial charge in [-0.15, -0.1) is 0 Å². The molecule has 2 aromatic carbocycles. The smallest absolute Gasteiger partial charge is 0.244 e. The molecule has 0 atom stereocenters. The summed E-state index contributed by atoms with van der Waals surface area (Å²) < 4.78 is 21.2. The van der Waals surface area contributed by atoms with E-state index in [4.69, 9.17) is 18.9 Å². The summed E-state index contributed by atoms with van der Waals surface area (Å²) in [6, 6.07) is 11.3. The van der Waals surface area contributed by atoms with Crippen LogP contribution in [0.25, 0.3) is 6.08 Å². The molecule has 6 heteroatoms. The third kappa shape index (κ3) is 3.64. The number of benzene rings is 2. The average molecular weight is 351 g/mol. The summed E-state index contributed by atoms with van der Waals surface area (Å²) in [4.78, 5) is 11.9. The molecule has 2 aromatic rings. The molecule has 6 nitrogen and oxygen atoms in total. The van der Waals surface area contributed by atoms with Gasteiger partial charge in [0.15, 0.2) is 23.0 Å². The van der Waals surface area contributed by atoms with Crippen molar-refractivity contribution in [3.63, 3.8) is 0 Å². The van der Waals surface area contributed by atoms with E-state index in [2.05, 4.69) is 5.32 Å². The summed E-state index contributed by atoms with van der Waals surface area (Å²) in [6.07, 6.45) is 6.87. The Hall–Kier alpha value is -3.41. The number of ether oxygens (including phenoxy) is 4. The van der Waals surface area contributed by atoms with Gasteiger partial charge in [0, 0.05) is 12.6 Å². The van der Waals surface area contributed by atoms with Gasteiger partial charge in [-0.05, 0) is 35.4 Å². The molecule has 0 saturated heterocycles. The van der Waals surface area contributed by atoms with Crippen LogP contribution in [0, 0.1) is 0 Å². The molecule has 0 fully saturated rings. The molecule has 0 spiro atoms. The van der Waals surface area contributed by atoms with E-state index in [1.165, 1.54) is 6.08 Å². The lowest BCUT2D eigenvalue weighted by atomic mass is 10.2. The summed E-state index contributed by atoms with van der Waals surface area (Å²) in [7, 11) is 0. The van der Waals surface area contributed by atoms with E-state index < -0.39 is 0 Å². The minimum atomic E-state index is -0.169. The van der Waals surface area contributed by atoms with Crippen LogP contribution in [-0.2, 0) is 11.3 Å². The Morgan fingerprint density at radius 3 is 2.38 bits per heavy atom. The SMILES string of the molecule is O=C(C=CC=Cc1ccc2c(c1)OCO2)NCc1ccc2c(c1)OCO2. The minimum Gasteiger partial charge on any atom is -0.454 e. The van der Waals surface area contributed by atoms with Gasteiger partial charge in [-0.2, -0.15) is 0 Å². The standard InChI is InChI=1S/C20H17NO5/c22-20(21-11-15-6-8-17-19(10-15)26-13-24-17)4-2-1-3-14-5-7-16-18(9-14)25-12-23-16/h1-10H,11-13H2,(H,21,22). The van der Waals surface area contributed by atoms with Crippen molar-refractivity contribution in [2.24, 2.45) is 0 Å². The highest BCUT2D eigenvalue weighted by atomic mass is 16.7. The van der Waals surface area contributed by atoms with Gasteiger partial charge in [0.2, 0.25) is 19.5 Å². The third-order valence-electron chi connectivity index (χ3n) is 3.95. The summed E-state index contributed by atoms with van der Waals surface area (Å²) >= 11 is 0. The fraction of sp³-hybridized carbons (Fsp3) is 0.150. The number of amides is 1. The van der Waals surface area contributed by atoms with Gasteiger partial charge < -0.3 is 24.3 Å². The van der Waals surface area contributed by atoms with E-state index in [0.29, 0.717) is 12.3 Å². The molecule has 2 aliphatic heterocycles. The Kier molecular flexibility index (Phi) is 4.47. The van der Waals surface area contributed by atoms with Gasteiger partial charge in [0.05, 0.1) is 0 Å². The monoisotopic (exact) mass is 351 g/mol. The average Bonchev–Trinajstić information content (AvgIpc) is 3.31. The maximum atomic E-state index is 11.9. The van der Waals surface area contributed by atoms with Crippen LogP contribution in [-0.4, -0.2) is 19.5 Å². The molecule has 2 aliphatic rings. The maximum absolute atomic E-state index is 11.9. The van der Waals surface area contributed by atoms with Crippen molar-refractivity contribution in [1.29, 1.82) is 0 Å². The molecule has 0 aliphatic carbocycles. The topological polar surface area (TPSA) is 66.0 Å². The van der Waals surface area contributed by atoms with Gasteiger partial charge >= 0.3 is 0 Å². The van der Waals surface area contributed by atoms with E-state index in [1.807, 2.05) is 42.5 Å². The van der Waals surface area contributed by atoms with Crippen molar-refractivity contribution >= 4 is 12.0 Å². The number of carbonyl (C=O) groups is 1. The van der Waals surface area contributed by atoms with E-state index in [9.17, 15) is 4.79 Å². The largest absolute Gasteiger partial charge is 0.454 e. The molecule has 1 N–H and O–H groups in total. The molecule has 26 heavy (non-hydrogen) atoms. The van der Waals surface area contributed by atoms with Crippen LogP contribution in [0.5, 0.6) is 23.0 Å². The van der Waals surface area contributed by atoms with Crippen LogP contribution in [0.3, 0.4) is 0 Å². The maximum Gasteiger partial charge on any atom is 0.244 e. The summed E-state index contributed by atoms with van der Waals surface area (Å²) in [5.41, 5.74) is 1.92. The predicted octanol–water partition coefficient (Wildman–Crippen LogP) is 3.03. The molecular weight excluding hydrogens is 334 g/mol. The second-order valence-corrected chi connectivity index (χ2v) is 5.74. The molecule has 0 radical (unpaired) electrons. The highest BCUT2D eigenvalue weighted by Gasteiger charge is 2.13. The molecule has 0 aromatic heterocycles. The summed E-state index contributed by atoms with van der Waals surface area (Å²) in [5.74, 6) is 2.75. The molecular formula is C20H17NO5. The van der Waals surface area contributed by atoms with Gasteiger partial charge in [-0.3, -0.25) is 4.79 Å². The lowest BCUT2D eigenvalue weighted by Crippen LogP contribution is -2.20. The first-order chi connectivity index (χ1) is 12.8. The van der Waals surface area contributed by atoms with E-state index in [1.54, 1.807) is 12.2 Å². The van der Waals surface area contributed by atoms with Crippen LogP contribution < -0.4 is 24.3 Å². The molecule has 0 saturated carbocycles. The van der Waals surface area contributed by atoms with E-state index >= 15 is 0 Å². The first-order valence-electron chi connectivity index (χ1n) is 8.19. The van der Waals surface area contributed by atoms with Crippen LogP contribution in [0.15, 0.2) is 54.6 Å². The van der Waals surface area contributed by atoms with Crippen molar-refractivity contribution in [3.8, 4) is 23.0 Å². The predicted molar refractivity (Wildman–Crippen MR) is 95.2 cm³/mol. The Bertz CT molecular complexity index is 888. The van der Waals surface area contributed by atoms with Crippen molar-refractivity contribution < 1.29 is 23.7 Å². The number of hydrogen-bond acceptors (Lipinski definition) is 5. The Labute approximate surface area is 150 Å². The lowest BCUT2D eigenvalue weighted by molar-refractivity contribution is -0.116. The third-order valence-corrected chi connectivity index (χ3v) is 3.95. The summed E-state index contributed by atoms with van der Waals surface area (Å²) in [6.45, 7) is 0.918. The fourth-order valence-corrected chi connectivity index (χ4v) is 2.63. The Morgan fingerprint density at radius 2 is 1.58 bits per heavy atom. The number of rotatable bonds is 5. The number of carbonyl (C=O) groups excluding carboxylic acids is 1. The van der Waals surface area contributed by atoms with Crippen LogP contribution in [0.2, 0.25) is 0 Å². The number of fused-ring (bicyclic) bond motifs is 2. The zero-order valence-electron chi connectivity index (χ0n) is 13.9. The zero-order valence-corrected chi connectivity index (χ0v) is 13.9. The van der Waals surface area contributed by atoms with Gasteiger partial charge in [0.25, 0.3) is 0 Å². The van der Waals surface area contributed by atoms with E-state index in [-0.39, 0.29) is 19.5 Å². The zero-order chi connectivity index (χ0) is 17.8. The molecule has 0 bridgehead atoms. The summed E-state index contributed by atoms with van der Waals surface area (Å²) in [5, 5.41) is 2.83. The Balaban J connectivity index is 1.28. The Morgan fingerprint density at radius 1 is 0.885 bits per heavy atom.